The standard InChI is InChI=1S/C9H7F2N3O.ClH/c10-6-2-1-5(3-7(6)11)8(12)9-13-4-15-14-9;/h1-4,8H,12H2;1H. The molecule has 0 bridgehead atoms. The summed E-state index contributed by atoms with van der Waals surface area (Å²) in [5.41, 5.74) is 6.09. The molecule has 0 saturated heterocycles. The molecule has 1 atom stereocenters. The average Bonchev–Trinajstić information content (AvgIpc) is 2.74. The van der Waals surface area contributed by atoms with Crippen LogP contribution in [0.2, 0.25) is 0 Å². The zero-order valence-corrected chi connectivity index (χ0v) is 8.75. The van der Waals surface area contributed by atoms with Gasteiger partial charge in [-0.3, -0.25) is 0 Å². The molecular weight excluding hydrogens is 240 g/mol. The number of nitrogens with two attached hydrogens (primary N) is 1. The summed E-state index contributed by atoms with van der Waals surface area (Å²) in [4.78, 5) is 3.73. The molecule has 7 heteroatoms. The largest absolute Gasteiger partial charge is 0.343 e. The fourth-order valence-corrected chi connectivity index (χ4v) is 1.17. The molecule has 1 aromatic carbocycles. The summed E-state index contributed by atoms with van der Waals surface area (Å²) < 4.78 is 30.0. The summed E-state index contributed by atoms with van der Waals surface area (Å²) in [6.45, 7) is 0. The van der Waals surface area contributed by atoms with Crippen molar-refractivity contribution in [3.8, 4) is 0 Å². The van der Waals surface area contributed by atoms with Crippen LogP contribution in [0.3, 0.4) is 0 Å². The Labute approximate surface area is 95.9 Å². The second kappa shape index (κ2) is 5.00. The lowest BCUT2D eigenvalue weighted by Crippen LogP contribution is -2.13. The predicted molar refractivity (Wildman–Crippen MR) is 53.9 cm³/mol. The van der Waals surface area contributed by atoms with Gasteiger partial charge in [0.25, 0.3) is 0 Å². The molecular formula is C9H8ClF2N3O. The summed E-state index contributed by atoms with van der Waals surface area (Å²) in [7, 11) is 0. The van der Waals surface area contributed by atoms with Crippen molar-refractivity contribution in [1.82, 2.24) is 10.1 Å². The number of nitrogens with zero attached hydrogens (tertiary/aromatic N) is 2. The number of hydrogen-bond acceptors (Lipinski definition) is 4. The summed E-state index contributed by atoms with van der Waals surface area (Å²) in [5, 5.41) is 3.52. The third-order valence-electron chi connectivity index (χ3n) is 1.96. The van der Waals surface area contributed by atoms with E-state index in [9.17, 15) is 8.78 Å². The SMILES string of the molecule is Cl.NC(c1ccc(F)c(F)c1)c1ncon1. The molecule has 0 aliphatic carbocycles. The van der Waals surface area contributed by atoms with Crippen LogP contribution in [0.25, 0.3) is 0 Å². The van der Waals surface area contributed by atoms with Gasteiger partial charge in [-0.25, -0.2) is 8.78 Å². The average molecular weight is 248 g/mol. The number of rotatable bonds is 2. The third-order valence-corrected chi connectivity index (χ3v) is 1.96. The van der Waals surface area contributed by atoms with Gasteiger partial charge in [0.2, 0.25) is 6.39 Å². The van der Waals surface area contributed by atoms with Crippen molar-refractivity contribution >= 4 is 12.4 Å². The van der Waals surface area contributed by atoms with Gasteiger partial charge in [-0.15, -0.1) is 12.4 Å². The lowest BCUT2D eigenvalue weighted by atomic mass is 10.1. The molecule has 0 aliphatic rings. The van der Waals surface area contributed by atoms with Crippen LogP contribution in [0.1, 0.15) is 17.4 Å². The topological polar surface area (TPSA) is 64.9 Å². The van der Waals surface area contributed by atoms with Gasteiger partial charge in [0.05, 0.1) is 6.04 Å². The normalized spacial score (nSPS) is 11.9. The summed E-state index contributed by atoms with van der Waals surface area (Å²) in [6, 6.07) is 2.67. The second-order valence-corrected chi connectivity index (χ2v) is 2.94. The van der Waals surface area contributed by atoms with E-state index in [1.54, 1.807) is 0 Å². The van der Waals surface area contributed by atoms with Crippen LogP contribution in [0, 0.1) is 11.6 Å². The van der Waals surface area contributed by atoms with Crippen molar-refractivity contribution in [3.63, 3.8) is 0 Å². The molecule has 16 heavy (non-hydrogen) atoms. The molecule has 0 spiro atoms. The number of halogens is 3. The van der Waals surface area contributed by atoms with E-state index in [0.717, 1.165) is 18.5 Å². The Hall–Kier alpha value is -1.53. The van der Waals surface area contributed by atoms with Gasteiger partial charge in [0.15, 0.2) is 17.5 Å². The molecule has 0 aliphatic heterocycles. The van der Waals surface area contributed by atoms with Gasteiger partial charge in [0.1, 0.15) is 0 Å². The van der Waals surface area contributed by atoms with E-state index in [1.807, 2.05) is 0 Å². The number of benzene rings is 1. The minimum absolute atomic E-state index is 0. The Kier molecular flexibility index (Phi) is 3.92. The second-order valence-electron chi connectivity index (χ2n) is 2.94. The zero-order chi connectivity index (χ0) is 10.8. The van der Waals surface area contributed by atoms with E-state index in [0.29, 0.717) is 5.56 Å². The molecule has 0 radical (unpaired) electrons. The van der Waals surface area contributed by atoms with Crippen LogP contribution in [0.15, 0.2) is 29.1 Å². The van der Waals surface area contributed by atoms with Crippen molar-refractivity contribution in [2.75, 3.05) is 0 Å². The van der Waals surface area contributed by atoms with Crippen LogP contribution < -0.4 is 5.73 Å². The molecule has 2 N–H and O–H groups in total. The fourth-order valence-electron chi connectivity index (χ4n) is 1.17. The first-order valence-corrected chi connectivity index (χ1v) is 4.15. The lowest BCUT2D eigenvalue weighted by molar-refractivity contribution is 0.407. The van der Waals surface area contributed by atoms with Crippen molar-refractivity contribution in [1.29, 1.82) is 0 Å². The van der Waals surface area contributed by atoms with Gasteiger partial charge in [-0.05, 0) is 17.7 Å². The van der Waals surface area contributed by atoms with E-state index in [4.69, 9.17) is 5.73 Å². The highest BCUT2D eigenvalue weighted by atomic mass is 35.5. The molecule has 2 rings (SSSR count). The summed E-state index contributed by atoms with van der Waals surface area (Å²) in [5.74, 6) is -1.65. The molecule has 1 heterocycles. The third kappa shape index (κ3) is 2.34. The van der Waals surface area contributed by atoms with Gasteiger partial charge >= 0.3 is 0 Å². The minimum atomic E-state index is -0.952. The molecule has 0 saturated carbocycles. The minimum Gasteiger partial charge on any atom is -0.343 e. The van der Waals surface area contributed by atoms with E-state index < -0.39 is 17.7 Å². The highest BCUT2D eigenvalue weighted by Gasteiger charge is 2.15. The van der Waals surface area contributed by atoms with Crippen LogP contribution in [-0.4, -0.2) is 10.1 Å². The maximum Gasteiger partial charge on any atom is 0.213 e. The highest BCUT2D eigenvalue weighted by Crippen LogP contribution is 2.18. The van der Waals surface area contributed by atoms with E-state index in [1.165, 1.54) is 6.07 Å². The monoisotopic (exact) mass is 247 g/mol. The van der Waals surface area contributed by atoms with Crippen molar-refractivity contribution in [2.45, 2.75) is 6.04 Å². The number of aromatic nitrogens is 2. The van der Waals surface area contributed by atoms with Gasteiger partial charge in [-0.2, -0.15) is 4.98 Å². The molecule has 1 aromatic heterocycles. The van der Waals surface area contributed by atoms with Gasteiger partial charge in [0, 0.05) is 0 Å². The fraction of sp³-hybridized carbons (Fsp3) is 0.111. The molecule has 86 valence electrons. The Bertz CT molecular complexity index is 464. The maximum absolute atomic E-state index is 12.9. The van der Waals surface area contributed by atoms with E-state index in [-0.39, 0.29) is 18.2 Å². The first-order valence-electron chi connectivity index (χ1n) is 4.15. The smallest absolute Gasteiger partial charge is 0.213 e. The number of hydrogen-bond donors (Lipinski definition) is 1. The molecule has 0 amide bonds. The van der Waals surface area contributed by atoms with Crippen molar-refractivity contribution in [3.05, 3.63) is 47.6 Å². The molecule has 4 nitrogen and oxygen atoms in total. The predicted octanol–water partition coefficient (Wildman–Crippen LogP) is 1.82. The zero-order valence-electron chi connectivity index (χ0n) is 7.93. The van der Waals surface area contributed by atoms with Gasteiger partial charge in [-0.1, -0.05) is 11.2 Å². The molecule has 1 unspecified atom stereocenters. The van der Waals surface area contributed by atoms with E-state index in [2.05, 4.69) is 14.7 Å². The van der Waals surface area contributed by atoms with Crippen LogP contribution in [-0.2, 0) is 0 Å². The Morgan fingerprint density at radius 1 is 1.25 bits per heavy atom. The van der Waals surface area contributed by atoms with Gasteiger partial charge < -0.3 is 10.3 Å². The van der Waals surface area contributed by atoms with Crippen LogP contribution in [0.4, 0.5) is 8.78 Å². The Balaban J connectivity index is 0.00000128. The quantitative estimate of drug-likeness (QED) is 0.879. The lowest BCUT2D eigenvalue weighted by Gasteiger charge is -2.07. The first-order chi connectivity index (χ1) is 7.18. The molecule has 2 aromatic rings. The van der Waals surface area contributed by atoms with Crippen LogP contribution in [0.5, 0.6) is 0 Å². The highest BCUT2D eigenvalue weighted by molar-refractivity contribution is 5.85. The maximum atomic E-state index is 12.9. The van der Waals surface area contributed by atoms with Crippen molar-refractivity contribution < 1.29 is 13.3 Å². The Morgan fingerprint density at radius 3 is 2.56 bits per heavy atom. The Morgan fingerprint density at radius 2 is 2.00 bits per heavy atom. The summed E-state index contributed by atoms with van der Waals surface area (Å²) >= 11 is 0. The summed E-state index contributed by atoms with van der Waals surface area (Å²) in [6.07, 6.45) is 1.12. The first kappa shape index (κ1) is 12.5. The van der Waals surface area contributed by atoms with E-state index >= 15 is 0 Å². The van der Waals surface area contributed by atoms with Crippen LogP contribution >= 0.6 is 12.4 Å². The van der Waals surface area contributed by atoms with Crippen molar-refractivity contribution in [2.24, 2.45) is 5.73 Å². The molecule has 0 fully saturated rings.